The number of aryl methyl sites for hydroxylation is 2. The maximum Gasteiger partial charge on any atom is 0.323 e. The van der Waals surface area contributed by atoms with E-state index >= 15 is 0 Å². The predicted octanol–water partition coefficient (Wildman–Crippen LogP) is 5.05. The molecule has 44 heavy (non-hydrogen) atoms. The van der Waals surface area contributed by atoms with Crippen molar-refractivity contribution in [1.82, 2.24) is 14.9 Å². The monoisotopic (exact) mass is 598 g/mol. The zero-order valence-corrected chi connectivity index (χ0v) is 24.3. The van der Waals surface area contributed by atoms with Crippen molar-refractivity contribution in [1.29, 1.82) is 0 Å². The third kappa shape index (κ3) is 8.09. The summed E-state index contributed by atoms with van der Waals surface area (Å²) in [5, 5.41) is 9.58. The van der Waals surface area contributed by atoms with E-state index < -0.39 is 24.2 Å². The van der Waals surface area contributed by atoms with Gasteiger partial charge in [0.15, 0.2) is 11.6 Å². The quantitative estimate of drug-likeness (QED) is 0.215. The number of aliphatic carboxylic acids is 1. The molecule has 228 valence electrons. The zero-order chi connectivity index (χ0) is 30.7. The summed E-state index contributed by atoms with van der Waals surface area (Å²) in [7, 11) is 0. The van der Waals surface area contributed by atoms with Gasteiger partial charge in [-0.3, -0.25) is 9.59 Å². The Labute approximate surface area is 255 Å². The minimum Gasteiger partial charge on any atom is -0.492 e. The van der Waals surface area contributed by atoms with Crippen molar-refractivity contribution in [3.63, 3.8) is 0 Å². The van der Waals surface area contributed by atoms with Gasteiger partial charge in [-0.2, -0.15) is 0 Å². The van der Waals surface area contributed by atoms with Crippen LogP contribution >= 0.6 is 0 Å². The van der Waals surface area contributed by atoms with Crippen LogP contribution in [0.2, 0.25) is 0 Å². The molecule has 0 aliphatic carbocycles. The lowest BCUT2D eigenvalue weighted by molar-refractivity contribution is -0.137. The van der Waals surface area contributed by atoms with Crippen LogP contribution in [0.15, 0.2) is 91.1 Å². The molecule has 1 atom stereocenters. The van der Waals surface area contributed by atoms with Gasteiger partial charge in [-0.05, 0) is 55.5 Å². The number of para-hydroxylation sites is 2. The van der Waals surface area contributed by atoms with Crippen LogP contribution in [0, 0.1) is 5.82 Å². The Morgan fingerprint density at radius 1 is 0.955 bits per heavy atom. The van der Waals surface area contributed by atoms with Crippen molar-refractivity contribution >= 4 is 17.8 Å². The molecule has 10 heteroatoms. The fraction of sp³-hybridized carbons (Fsp3) is 0.294. The highest BCUT2D eigenvalue weighted by Gasteiger charge is 2.30. The van der Waals surface area contributed by atoms with E-state index in [1.54, 1.807) is 30.3 Å². The normalized spacial score (nSPS) is 14.3. The first-order valence-electron chi connectivity index (χ1n) is 14.7. The van der Waals surface area contributed by atoms with Gasteiger partial charge < -0.3 is 24.4 Å². The number of hydrogen-bond acceptors (Lipinski definition) is 7. The molecule has 4 aromatic rings. The highest BCUT2D eigenvalue weighted by atomic mass is 19.1. The molecule has 1 aliphatic rings. The fourth-order valence-corrected chi connectivity index (χ4v) is 5.22. The van der Waals surface area contributed by atoms with Crippen LogP contribution in [-0.4, -0.2) is 70.7 Å². The van der Waals surface area contributed by atoms with Crippen LogP contribution < -0.4 is 14.4 Å². The summed E-state index contributed by atoms with van der Waals surface area (Å²) in [6.07, 6.45) is 4.29. The van der Waals surface area contributed by atoms with Crippen molar-refractivity contribution in [3.05, 3.63) is 114 Å². The molecule has 1 aliphatic heterocycles. The second-order valence-electron chi connectivity index (χ2n) is 10.5. The van der Waals surface area contributed by atoms with E-state index in [2.05, 4.69) is 4.98 Å². The summed E-state index contributed by atoms with van der Waals surface area (Å²) >= 11 is 0. The average Bonchev–Trinajstić information content (AvgIpc) is 3.52. The number of nitrogens with zero attached hydrogens (tertiary/aromatic N) is 4. The van der Waals surface area contributed by atoms with Crippen LogP contribution in [0.1, 0.15) is 34.5 Å². The van der Waals surface area contributed by atoms with Gasteiger partial charge >= 0.3 is 5.97 Å². The summed E-state index contributed by atoms with van der Waals surface area (Å²) in [6, 6.07) is 25.2. The van der Waals surface area contributed by atoms with Crippen molar-refractivity contribution in [2.24, 2.45) is 0 Å². The summed E-state index contributed by atoms with van der Waals surface area (Å²) in [4.78, 5) is 38.2. The first-order valence-corrected chi connectivity index (χ1v) is 14.7. The maximum absolute atomic E-state index is 14.1. The van der Waals surface area contributed by atoms with Crippen LogP contribution in [0.4, 0.5) is 10.3 Å². The van der Waals surface area contributed by atoms with Crippen molar-refractivity contribution < 1.29 is 28.6 Å². The lowest BCUT2D eigenvalue weighted by atomic mass is 10.0. The predicted molar refractivity (Wildman–Crippen MR) is 164 cm³/mol. The summed E-state index contributed by atoms with van der Waals surface area (Å²) in [5.41, 5.74) is 1.87. The highest BCUT2D eigenvalue weighted by molar-refractivity contribution is 5.96. The minimum atomic E-state index is -1.13. The maximum atomic E-state index is 14.1. The molecule has 0 saturated carbocycles. The number of amides is 1. The van der Waals surface area contributed by atoms with Gasteiger partial charge in [0, 0.05) is 12.7 Å². The Bertz CT molecular complexity index is 1540. The number of carboxylic acids is 1. The van der Waals surface area contributed by atoms with Gasteiger partial charge in [0.1, 0.15) is 25.5 Å². The fourth-order valence-electron chi connectivity index (χ4n) is 5.22. The summed E-state index contributed by atoms with van der Waals surface area (Å²) in [5.74, 6) is -0.734. The van der Waals surface area contributed by atoms with E-state index in [0.717, 1.165) is 18.4 Å². The van der Waals surface area contributed by atoms with E-state index in [9.17, 15) is 19.1 Å². The molecule has 3 aromatic carbocycles. The summed E-state index contributed by atoms with van der Waals surface area (Å²) in [6.45, 7) is 0.662. The van der Waals surface area contributed by atoms with Crippen molar-refractivity contribution in [3.8, 4) is 11.5 Å². The number of aromatic nitrogens is 2. The minimum absolute atomic E-state index is 0.0709. The highest BCUT2D eigenvalue weighted by Crippen LogP contribution is 2.26. The first-order chi connectivity index (χ1) is 21.5. The number of carbonyl (C=O) groups excluding carboxylic acids is 1. The van der Waals surface area contributed by atoms with Crippen molar-refractivity contribution in [2.75, 3.05) is 37.7 Å². The molecule has 2 heterocycles. The third-order valence-electron chi connectivity index (χ3n) is 7.47. The van der Waals surface area contributed by atoms with Gasteiger partial charge in [-0.25, -0.2) is 14.4 Å². The molecule has 0 bridgehead atoms. The van der Waals surface area contributed by atoms with Crippen LogP contribution in [0.3, 0.4) is 0 Å². The molecule has 1 aromatic heterocycles. The second kappa shape index (κ2) is 15.0. The third-order valence-corrected chi connectivity index (χ3v) is 7.47. The molecular formula is C34H35FN4O5. The Kier molecular flexibility index (Phi) is 10.4. The molecule has 0 radical (unpaired) electrons. The summed E-state index contributed by atoms with van der Waals surface area (Å²) < 4.78 is 25.7. The Morgan fingerprint density at radius 3 is 2.43 bits per heavy atom. The van der Waals surface area contributed by atoms with Crippen LogP contribution in [0.25, 0.3) is 0 Å². The van der Waals surface area contributed by atoms with Gasteiger partial charge in [0.2, 0.25) is 5.95 Å². The molecule has 1 amide bonds. The number of hydrogen-bond donors (Lipinski definition) is 1. The molecule has 5 rings (SSSR count). The number of anilines is 1. The van der Waals surface area contributed by atoms with Gasteiger partial charge in [0.25, 0.3) is 5.91 Å². The SMILES string of the molecule is O=C(O)CN(CCOc1ccccc1)C(=O)c1cnc(N2CCCC2COc2ccccc2F)nc1CCc1ccccc1. The van der Waals surface area contributed by atoms with Crippen LogP contribution in [-0.2, 0) is 17.6 Å². The van der Waals surface area contributed by atoms with E-state index in [4.69, 9.17) is 14.5 Å². The average molecular weight is 599 g/mol. The lowest BCUT2D eigenvalue weighted by Crippen LogP contribution is -2.39. The van der Waals surface area contributed by atoms with E-state index in [1.807, 2.05) is 53.4 Å². The van der Waals surface area contributed by atoms with Crippen LogP contribution in [0.5, 0.6) is 11.5 Å². The number of ether oxygens (including phenoxy) is 2. The molecule has 1 N–H and O–H groups in total. The zero-order valence-electron chi connectivity index (χ0n) is 24.3. The molecular weight excluding hydrogens is 563 g/mol. The van der Waals surface area contributed by atoms with Crippen molar-refractivity contribution in [2.45, 2.75) is 31.7 Å². The lowest BCUT2D eigenvalue weighted by Gasteiger charge is -2.26. The first kappa shape index (κ1) is 30.5. The van der Waals surface area contributed by atoms with Gasteiger partial charge in [0.05, 0.1) is 23.8 Å². The smallest absolute Gasteiger partial charge is 0.323 e. The standard InChI is InChI=1S/C34H35FN4O5/c35-29-15-7-8-16-31(29)44-24-26-12-9-19-39(26)34-36-22-28(30(37-34)18-17-25-10-3-1-4-11-25)33(42)38(23-32(40)41)20-21-43-27-13-5-2-6-14-27/h1-8,10-11,13-16,22,26H,9,12,17-21,23-24H2,(H,40,41). The molecule has 1 fully saturated rings. The largest absolute Gasteiger partial charge is 0.492 e. The topological polar surface area (TPSA) is 105 Å². The number of rotatable bonds is 14. The number of carboxylic acid groups (broad SMARTS) is 1. The van der Waals surface area contributed by atoms with E-state index in [0.29, 0.717) is 36.8 Å². The van der Waals surface area contributed by atoms with E-state index in [-0.39, 0.29) is 37.1 Å². The van der Waals surface area contributed by atoms with Gasteiger partial charge in [-0.15, -0.1) is 0 Å². The number of halogens is 1. The van der Waals surface area contributed by atoms with Gasteiger partial charge in [-0.1, -0.05) is 60.7 Å². The Hall–Kier alpha value is -4.99. The molecule has 0 spiro atoms. The molecule has 1 saturated heterocycles. The second-order valence-corrected chi connectivity index (χ2v) is 10.5. The molecule has 1 unspecified atom stereocenters. The Morgan fingerprint density at radius 2 is 1.68 bits per heavy atom. The Balaban J connectivity index is 1.36. The number of benzene rings is 3. The van der Waals surface area contributed by atoms with E-state index in [1.165, 1.54) is 17.2 Å². The number of carbonyl (C=O) groups is 2. The molecule has 9 nitrogen and oxygen atoms in total.